The summed E-state index contributed by atoms with van der Waals surface area (Å²) in [5, 5.41) is 2.58. The summed E-state index contributed by atoms with van der Waals surface area (Å²) in [6, 6.07) is 31.8. The van der Waals surface area contributed by atoms with E-state index in [1.165, 1.54) is 15.9 Å². The van der Waals surface area contributed by atoms with Gasteiger partial charge in [0.25, 0.3) is 8.32 Å². The minimum absolute atomic E-state index is 0.0345. The van der Waals surface area contributed by atoms with Crippen LogP contribution in [0.15, 0.2) is 104 Å². The second-order valence-corrected chi connectivity index (χ2v) is 10.1. The zero-order valence-corrected chi connectivity index (χ0v) is 16.3. The zero-order chi connectivity index (χ0) is 18.2. The van der Waals surface area contributed by atoms with Gasteiger partial charge in [-0.1, -0.05) is 97.1 Å². The van der Waals surface area contributed by atoms with Crippen LogP contribution in [0.3, 0.4) is 0 Å². The van der Waals surface area contributed by atoms with E-state index in [1.54, 1.807) is 0 Å². The van der Waals surface area contributed by atoms with Crippen LogP contribution in [0.4, 0.5) is 0 Å². The average molecular weight is 359 g/mol. The fraction of sp³-hybridized carbons (Fsp3) is 0.167. The standard InChI is InChI=1S/C24H26OSi/c1-3-22(20-19-21-13-7-4-8-14-21)25-26(2,23-15-9-5-10-16-23)24-17-11-6-12-18-24/h3-18,22H,1,19-20H2,2H3. The lowest BCUT2D eigenvalue weighted by molar-refractivity contribution is 0.238. The van der Waals surface area contributed by atoms with Gasteiger partial charge in [0.15, 0.2) is 0 Å². The van der Waals surface area contributed by atoms with Crippen molar-refractivity contribution in [3.63, 3.8) is 0 Å². The first-order chi connectivity index (χ1) is 12.7. The normalized spacial score (nSPS) is 12.5. The highest BCUT2D eigenvalue weighted by molar-refractivity contribution is 6.96. The van der Waals surface area contributed by atoms with Crippen molar-refractivity contribution in [2.24, 2.45) is 0 Å². The molecule has 3 rings (SSSR count). The molecule has 26 heavy (non-hydrogen) atoms. The Bertz CT molecular complexity index is 760. The first-order valence-electron chi connectivity index (χ1n) is 9.18. The quantitative estimate of drug-likeness (QED) is 0.423. The molecule has 3 aromatic carbocycles. The van der Waals surface area contributed by atoms with E-state index in [9.17, 15) is 0 Å². The highest BCUT2D eigenvalue weighted by atomic mass is 28.4. The summed E-state index contributed by atoms with van der Waals surface area (Å²) >= 11 is 0. The van der Waals surface area contributed by atoms with E-state index in [4.69, 9.17) is 4.43 Å². The van der Waals surface area contributed by atoms with Gasteiger partial charge in [0.1, 0.15) is 0 Å². The molecule has 1 atom stereocenters. The molecule has 0 bridgehead atoms. The largest absolute Gasteiger partial charge is 0.402 e. The van der Waals surface area contributed by atoms with Gasteiger partial charge < -0.3 is 4.43 Å². The predicted molar refractivity (Wildman–Crippen MR) is 114 cm³/mol. The Kier molecular flexibility index (Phi) is 6.21. The molecule has 1 unspecified atom stereocenters. The van der Waals surface area contributed by atoms with Gasteiger partial charge in [-0.05, 0) is 35.3 Å². The topological polar surface area (TPSA) is 9.23 Å². The van der Waals surface area contributed by atoms with Crippen LogP contribution in [-0.2, 0) is 10.8 Å². The number of hydrogen-bond acceptors (Lipinski definition) is 1. The molecular weight excluding hydrogens is 332 g/mol. The number of aryl methyl sites for hydroxylation is 1. The van der Waals surface area contributed by atoms with Gasteiger partial charge in [-0.15, -0.1) is 6.58 Å². The monoisotopic (exact) mass is 358 g/mol. The molecular formula is C24H26OSi. The molecule has 0 N–H and O–H groups in total. The van der Waals surface area contributed by atoms with Crippen molar-refractivity contribution in [1.82, 2.24) is 0 Å². The van der Waals surface area contributed by atoms with Crippen molar-refractivity contribution >= 4 is 18.7 Å². The van der Waals surface area contributed by atoms with Gasteiger partial charge in [0.2, 0.25) is 0 Å². The minimum Gasteiger partial charge on any atom is -0.402 e. The van der Waals surface area contributed by atoms with Crippen LogP contribution in [0, 0.1) is 0 Å². The maximum Gasteiger partial charge on any atom is 0.253 e. The van der Waals surface area contributed by atoms with Gasteiger partial charge in [0, 0.05) is 0 Å². The summed E-state index contributed by atoms with van der Waals surface area (Å²) in [6.45, 7) is 6.33. The minimum atomic E-state index is -2.30. The van der Waals surface area contributed by atoms with E-state index in [0.29, 0.717) is 0 Å². The van der Waals surface area contributed by atoms with Crippen molar-refractivity contribution < 1.29 is 4.43 Å². The summed E-state index contributed by atoms with van der Waals surface area (Å²) in [5.41, 5.74) is 1.34. The van der Waals surface area contributed by atoms with Gasteiger partial charge in [-0.2, -0.15) is 0 Å². The third kappa shape index (κ3) is 4.40. The van der Waals surface area contributed by atoms with Crippen molar-refractivity contribution in [1.29, 1.82) is 0 Å². The second kappa shape index (κ2) is 8.79. The van der Waals surface area contributed by atoms with Gasteiger partial charge in [-0.3, -0.25) is 0 Å². The van der Waals surface area contributed by atoms with E-state index >= 15 is 0 Å². The van der Waals surface area contributed by atoms with E-state index in [2.05, 4.69) is 104 Å². The van der Waals surface area contributed by atoms with Gasteiger partial charge in [0.05, 0.1) is 6.10 Å². The molecule has 0 heterocycles. The molecule has 2 heteroatoms. The molecule has 0 radical (unpaired) electrons. The highest BCUT2D eigenvalue weighted by Crippen LogP contribution is 2.15. The molecule has 0 aliphatic carbocycles. The van der Waals surface area contributed by atoms with E-state index in [-0.39, 0.29) is 6.10 Å². The molecule has 3 aromatic rings. The molecule has 1 nitrogen and oxygen atoms in total. The number of benzene rings is 3. The number of rotatable bonds is 8. The summed E-state index contributed by atoms with van der Waals surface area (Å²) in [6.07, 6.45) is 3.92. The first kappa shape index (κ1) is 18.4. The van der Waals surface area contributed by atoms with E-state index in [0.717, 1.165) is 12.8 Å². The molecule has 0 amide bonds. The second-order valence-electron chi connectivity index (χ2n) is 6.68. The Morgan fingerprint density at radius 1 is 0.808 bits per heavy atom. The lowest BCUT2D eigenvalue weighted by Crippen LogP contribution is -2.59. The fourth-order valence-electron chi connectivity index (χ4n) is 3.30. The fourth-order valence-corrected chi connectivity index (χ4v) is 6.38. The van der Waals surface area contributed by atoms with Crippen molar-refractivity contribution in [2.45, 2.75) is 25.5 Å². The smallest absolute Gasteiger partial charge is 0.253 e. The summed E-state index contributed by atoms with van der Waals surface area (Å²) in [7, 11) is -2.30. The zero-order valence-electron chi connectivity index (χ0n) is 15.3. The Labute approximate surface area is 158 Å². The molecule has 0 fully saturated rings. The Balaban J connectivity index is 1.84. The molecule has 0 aliphatic heterocycles. The Morgan fingerprint density at radius 2 is 1.27 bits per heavy atom. The molecule has 0 aliphatic rings. The third-order valence-electron chi connectivity index (χ3n) is 4.86. The van der Waals surface area contributed by atoms with Crippen LogP contribution in [0.5, 0.6) is 0 Å². The summed E-state index contributed by atoms with van der Waals surface area (Å²) in [4.78, 5) is 0. The highest BCUT2D eigenvalue weighted by Gasteiger charge is 2.35. The molecule has 0 aromatic heterocycles. The molecule has 0 spiro atoms. The lowest BCUT2D eigenvalue weighted by atomic mass is 10.1. The van der Waals surface area contributed by atoms with Crippen LogP contribution in [0.25, 0.3) is 0 Å². The van der Waals surface area contributed by atoms with Crippen LogP contribution in [0.1, 0.15) is 12.0 Å². The SMILES string of the molecule is C=CC(CCc1ccccc1)O[Si](C)(c1ccccc1)c1ccccc1. The van der Waals surface area contributed by atoms with Crippen LogP contribution in [-0.4, -0.2) is 14.4 Å². The van der Waals surface area contributed by atoms with Crippen LogP contribution in [0.2, 0.25) is 6.55 Å². The third-order valence-corrected chi connectivity index (χ3v) is 8.50. The van der Waals surface area contributed by atoms with Crippen molar-refractivity contribution in [2.75, 3.05) is 0 Å². The van der Waals surface area contributed by atoms with E-state index < -0.39 is 8.32 Å². The maximum absolute atomic E-state index is 6.80. The molecule has 132 valence electrons. The summed E-state index contributed by atoms with van der Waals surface area (Å²) < 4.78 is 6.80. The van der Waals surface area contributed by atoms with Crippen LogP contribution >= 0.6 is 0 Å². The summed E-state index contributed by atoms with van der Waals surface area (Å²) in [5.74, 6) is 0. The van der Waals surface area contributed by atoms with Crippen LogP contribution < -0.4 is 10.4 Å². The Morgan fingerprint density at radius 3 is 1.73 bits per heavy atom. The average Bonchev–Trinajstić information content (AvgIpc) is 2.73. The van der Waals surface area contributed by atoms with Crippen molar-refractivity contribution in [3.8, 4) is 0 Å². The van der Waals surface area contributed by atoms with Crippen molar-refractivity contribution in [3.05, 3.63) is 109 Å². The lowest BCUT2D eigenvalue weighted by Gasteiger charge is -2.32. The molecule has 0 saturated heterocycles. The Hall–Kier alpha value is -2.42. The van der Waals surface area contributed by atoms with Gasteiger partial charge >= 0.3 is 0 Å². The predicted octanol–water partition coefficient (Wildman–Crippen LogP) is 4.58. The molecule has 0 saturated carbocycles. The first-order valence-corrected chi connectivity index (χ1v) is 11.6. The maximum atomic E-state index is 6.80. The van der Waals surface area contributed by atoms with Gasteiger partial charge in [-0.25, -0.2) is 0 Å². The van der Waals surface area contributed by atoms with E-state index in [1.807, 2.05) is 6.08 Å². The number of hydrogen-bond donors (Lipinski definition) is 0.